The molecule has 194 valence electrons. The maximum Gasteiger partial charge on any atom is 0.407 e. The van der Waals surface area contributed by atoms with Crippen LogP contribution in [0.1, 0.15) is 41.1 Å². The number of carbonyl (C=O) groups is 1. The molecular weight excluding hydrogens is 494 g/mol. The lowest BCUT2D eigenvalue weighted by molar-refractivity contribution is -0.172. The number of carbonyl (C=O) groups excluding carboxylic acids is 1. The van der Waals surface area contributed by atoms with E-state index >= 15 is 0 Å². The molecule has 0 spiro atoms. The number of nitrogens with one attached hydrogen (secondary N) is 2. The monoisotopic (exact) mass is 523 g/mol. The van der Waals surface area contributed by atoms with Crippen LogP contribution in [0.4, 0.5) is 4.79 Å². The van der Waals surface area contributed by atoms with Gasteiger partial charge in [0.05, 0.1) is 18.1 Å². The van der Waals surface area contributed by atoms with Crippen LogP contribution in [0, 0.1) is 0 Å². The molecule has 6 rings (SSSR count). The molecular formula is C27H29N3O6S. The number of pyridine rings is 1. The zero-order valence-electron chi connectivity index (χ0n) is 20.3. The van der Waals surface area contributed by atoms with Gasteiger partial charge in [-0.2, -0.15) is 0 Å². The molecule has 9 nitrogen and oxygen atoms in total. The van der Waals surface area contributed by atoms with Gasteiger partial charge in [-0.05, 0) is 54.5 Å². The van der Waals surface area contributed by atoms with Gasteiger partial charge in [-0.25, -0.2) is 17.9 Å². The minimum absolute atomic E-state index is 0.0933. The fourth-order valence-corrected chi connectivity index (χ4v) is 6.66. The molecule has 2 aliphatic carbocycles. The van der Waals surface area contributed by atoms with Crippen molar-refractivity contribution in [1.29, 1.82) is 0 Å². The van der Waals surface area contributed by atoms with Crippen molar-refractivity contribution in [3.63, 3.8) is 0 Å². The zero-order chi connectivity index (χ0) is 25.6. The Kier molecular flexibility index (Phi) is 6.15. The van der Waals surface area contributed by atoms with E-state index in [4.69, 9.17) is 9.47 Å². The van der Waals surface area contributed by atoms with Gasteiger partial charge in [-0.15, -0.1) is 0 Å². The van der Waals surface area contributed by atoms with Crippen molar-refractivity contribution in [3.8, 4) is 0 Å². The van der Waals surface area contributed by atoms with Gasteiger partial charge in [0.25, 0.3) is 0 Å². The highest BCUT2D eigenvalue weighted by Gasteiger charge is 2.39. The number of nitrogens with zero attached hydrogens (tertiary/aromatic N) is 1. The smallest absolute Gasteiger partial charge is 0.407 e. The number of hydrogen-bond donors (Lipinski definition) is 3. The van der Waals surface area contributed by atoms with E-state index in [9.17, 15) is 18.3 Å². The highest BCUT2D eigenvalue weighted by Crippen LogP contribution is 2.42. The minimum atomic E-state index is -3.98. The Morgan fingerprint density at radius 1 is 1.16 bits per heavy atom. The van der Waals surface area contributed by atoms with E-state index in [-0.39, 0.29) is 37.3 Å². The molecule has 37 heavy (non-hydrogen) atoms. The van der Waals surface area contributed by atoms with E-state index in [1.165, 1.54) is 0 Å². The van der Waals surface area contributed by atoms with E-state index in [2.05, 4.69) is 15.0 Å². The topological polar surface area (TPSA) is 127 Å². The highest BCUT2D eigenvalue weighted by molar-refractivity contribution is 7.89. The van der Waals surface area contributed by atoms with Crippen LogP contribution in [0.25, 0.3) is 10.8 Å². The summed E-state index contributed by atoms with van der Waals surface area (Å²) >= 11 is 0. The molecule has 1 aliphatic heterocycles. The van der Waals surface area contributed by atoms with Gasteiger partial charge in [0.15, 0.2) is 0 Å². The van der Waals surface area contributed by atoms with Gasteiger partial charge in [-0.1, -0.05) is 30.3 Å². The molecule has 1 atom stereocenters. The van der Waals surface area contributed by atoms with Gasteiger partial charge in [0, 0.05) is 41.2 Å². The third kappa shape index (κ3) is 5.06. The number of amides is 1. The van der Waals surface area contributed by atoms with E-state index in [1.807, 2.05) is 42.5 Å². The molecule has 1 unspecified atom stereocenters. The predicted octanol–water partition coefficient (Wildman–Crippen LogP) is 2.55. The number of hydrogen-bond acceptors (Lipinski definition) is 7. The van der Waals surface area contributed by atoms with Gasteiger partial charge in [0.2, 0.25) is 10.0 Å². The molecule has 1 saturated heterocycles. The molecule has 3 N–H and O–H groups in total. The van der Waals surface area contributed by atoms with Crippen molar-refractivity contribution < 1.29 is 27.8 Å². The lowest BCUT2D eigenvalue weighted by atomic mass is 10.0. The average molecular weight is 524 g/mol. The number of alkyl carbamates (subject to hydrolysis) is 1. The Hall–Kier alpha value is -3.05. The first-order valence-electron chi connectivity index (χ1n) is 12.5. The van der Waals surface area contributed by atoms with Gasteiger partial charge >= 0.3 is 6.09 Å². The molecule has 1 saturated carbocycles. The van der Waals surface area contributed by atoms with Crippen molar-refractivity contribution >= 4 is 26.9 Å². The van der Waals surface area contributed by atoms with Crippen molar-refractivity contribution in [2.75, 3.05) is 19.8 Å². The number of fused-ring (bicyclic) bond motifs is 2. The molecule has 1 aromatic heterocycles. The summed E-state index contributed by atoms with van der Waals surface area (Å²) in [5.41, 5.74) is 2.11. The zero-order valence-corrected chi connectivity index (χ0v) is 21.1. The van der Waals surface area contributed by atoms with Crippen LogP contribution in [0.15, 0.2) is 53.6 Å². The van der Waals surface area contributed by atoms with E-state index < -0.39 is 21.7 Å². The first kappa shape index (κ1) is 24.3. The number of rotatable bonds is 8. The summed E-state index contributed by atoms with van der Waals surface area (Å²) in [5.74, 6) is 0.364. The SMILES string of the molecule is O=C(NC1Cc2cc3cnc(C4CC4)cc3c(S(=O)(=O)NCC3(O)COC3)c2C1)OCc1ccccc1. The van der Waals surface area contributed by atoms with E-state index in [0.717, 1.165) is 35.0 Å². The van der Waals surface area contributed by atoms with Crippen LogP contribution < -0.4 is 10.0 Å². The van der Waals surface area contributed by atoms with Crippen LogP contribution in [0.5, 0.6) is 0 Å². The van der Waals surface area contributed by atoms with Crippen LogP contribution in [0.2, 0.25) is 0 Å². The molecule has 1 amide bonds. The van der Waals surface area contributed by atoms with Crippen molar-refractivity contribution in [2.24, 2.45) is 0 Å². The Labute approximate surface area is 215 Å². The third-order valence-corrected chi connectivity index (χ3v) is 8.77. The second-order valence-corrected chi connectivity index (χ2v) is 12.0. The molecule has 2 fully saturated rings. The van der Waals surface area contributed by atoms with E-state index in [0.29, 0.717) is 29.7 Å². The summed E-state index contributed by atoms with van der Waals surface area (Å²) in [6, 6.07) is 13.0. The Bertz CT molecular complexity index is 1450. The fraction of sp³-hybridized carbons (Fsp3) is 0.407. The maximum absolute atomic E-state index is 13.7. The largest absolute Gasteiger partial charge is 0.445 e. The minimum Gasteiger partial charge on any atom is -0.445 e. The molecule has 3 aromatic rings. The number of ether oxygens (including phenoxy) is 2. The van der Waals surface area contributed by atoms with E-state index in [1.54, 1.807) is 6.20 Å². The van der Waals surface area contributed by atoms with Gasteiger partial charge < -0.3 is 19.9 Å². The van der Waals surface area contributed by atoms with Gasteiger partial charge in [0.1, 0.15) is 12.2 Å². The molecule has 2 heterocycles. The Morgan fingerprint density at radius 3 is 2.65 bits per heavy atom. The summed E-state index contributed by atoms with van der Waals surface area (Å²) in [7, 11) is -3.98. The quantitative estimate of drug-likeness (QED) is 0.414. The van der Waals surface area contributed by atoms with Gasteiger partial charge in [-0.3, -0.25) is 4.98 Å². The second kappa shape index (κ2) is 9.36. The molecule has 10 heteroatoms. The highest BCUT2D eigenvalue weighted by atomic mass is 32.2. The van der Waals surface area contributed by atoms with Crippen LogP contribution in [0.3, 0.4) is 0 Å². The van der Waals surface area contributed by atoms with Crippen LogP contribution in [-0.2, 0) is 38.9 Å². The first-order chi connectivity index (χ1) is 17.8. The number of aromatic nitrogens is 1. The lowest BCUT2D eigenvalue weighted by Gasteiger charge is -2.36. The predicted molar refractivity (Wildman–Crippen MR) is 136 cm³/mol. The van der Waals surface area contributed by atoms with Crippen LogP contribution >= 0.6 is 0 Å². The summed E-state index contributed by atoms with van der Waals surface area (Å²) in [4.78, 5) is 17.3. The third-order valence-electron chi connectivity index (χ3n) is 7.24. The number of aliphatic hydroxyl groups is 1. The summed E-state index contributed by atoms with van der Waals surface area (Å²) in [6.07, 6.45) is 4.14. The fourth-order valence-electron chi connectivity index (χ4n) is 5.05. The number of sulfonamides is 1. The second-order valence-electron chi connectivity index (χ2n) is 10.3. The van der Waals surface area contributed by atoms with Crippen LogP contribution in [-0.4, -0.2) is 56.0 Å². The summed E-state index contributed by atoms with van der Waals surface area (Å²) in [6.45, 7) is 0.211. The molecule has 0 bridgehead atoms. The maximum atomic E-state index is 13.7. The number of benzene rings is 2. The first-order valence-corrected chi connectivity index (χ1v) is 14.0. The molecule has 2 aromatic carbocycles. The molecule has 0 radical (unpaired) electrons. The Balaban J connectivity index is 1.27. The molecule has 3 aliphatic rings. The summed E-state index contributed by atoms with van der Waals surface area (Å²) < 4.78 is 40.4. The summed E-state index contributed by atoms with van der Waals surface area (Å²) in [5, 5.41) is 14.7. The normalized spacial score (nSPS) is 20.3. The standard InChI is InChI=1S/C27H29N3O6S/c31-26(36-13-17-4-2-1-3-5-17)30-21-9-19-8-20-12-28-24(18-6-7-18)11-23(20)25(22(19)10-21)37(33,34)29-14-27(32)15-35-16-27/h1-5,8,11-12,18,21,29,32H,6-7,9-10,13-16H2,(H,30,31). The van der Waals surface area contributed by atoms with Crippen molar-refractivity contribution in [3.05, 3.63) is 71.0 Å². The Morgan fingerprint density at radius 2 is 1.95 bits per heavy atom. The van der Waals surface area contributed by atoms with Crippen molar-refractivity contribution in [2.45, 2.75) is 54.7 Å². The lowest BCUT2D eigenvalue weighted by Crippen LogP contribution is -2.56. The van der Waals surface area contributed by atoms with Crippen molar-refractivity contribution in [1.82, 2.24) is 15.0 Å². The average Bonchev–Trinajstić information content (AvgIpc) is 3.64.